The number of hydrogen-bond donors (Lipinski definition) is 1. The van der Waals surface area contributed by atoms with Crippen molar-refractivity contribution in [3.8, 4) is 28.4 Å². The largest absolute Gasteiger partial charge is 0.497 e. The quantitative estimate of drug-likeness (QED) is 0.233. The maximum absolute atomic E-state index is 13.4. The summed E-state index contributed by atoms with van der Waals surface area (Å²) in [6.07, 6.45) is 0.0774. The molecule has 4 aromatic carbocycles. The van der Waals surface area contributed by atoms with E-state index in [9.17, 15) is 9.59 Å². The van der Waals surface area contributed by atoms with Gasteiger partial charge in [0.25, 0.3) is 0 Å². The molecule has 0 saturated heterocycles. The Bertz CT molecular complexity index is 1460. The summed E-state index contributed by atoms with van der Waals surface area (Å²) in [4.78, 5) is 24.2. The minimum absolute atomic E-state index is 0.0315. The van der Waals surface area contributed by atoms with Crippen LogP contribution in [-0.4, -0.2) is 44.5 Å². The molecule has 4 aromatic rings. The number of carboxylic acids is 1. The van der Waals surface area contributed by atoms with Crippen molar-refractivity contribution in [3.05, 3.63) is 113 Å². The molecule has 5 rings (SSSR count). The first kappa shape index (κ1) is 26.8. The highest BCUT2D eigenvalue weighted by Crippen LogP contribution is 2.45. The molecule has 0 bridgehead atoms. The first-order chi connectivity index (χ1) is 19.5. The second-order valence-electron chi connectivity index (χ2n) is 9.53. The zero-order chi connectivity index (χ0) is 28.1. The van der Waals surface area contributed by atoms with Gasteiger partial charge in [0.15, 0.2) is 6.61 Å². The molecule has 1 aliphatic carbocycles. The van der Waals surface area contributed by atoms with E-state index < -0.39 is 12.6 Å². The maximum atomic E-state index is 13.4. The van der Waals surface area contributed by atoms with Crippen LogP contribution in [0, 0.1) is 0 Å². The fourth-order valence-corrected chi connectivity index (χ4v) is 5.30. The number of carbonyl (C=O) groups is 2. The monoisotopic (exact) mass is 538 g/mol. The van der Waals surface area contributed by atoms with E-state index in [1.54, 1.807) is 32.4 Å². The molecule has 0 amide bonds. The van der Waals surface area contributed by atoms with Gasteiger partial charge in [-0.25, -0.2) is 4.79 Å². The molecule has 1 unspecified atom stereocenters. The third kappa shape index (κ3) is 5.64. The zero-order valence-electron chi connectivity index (χ0n) is 22.3. The molecule has 40 heavy (non-hydrogen) atoms. The molecule has 0 saturated carbocycles. The Labute approximate surface area is 232 Å². The highest BCUT2D eigenvalue weighted by atomic mass is 16.5. The van der Waals surface area contributed by atoms with Crippen LogP contribution in [-0.2, 0) is 14.3 Å². The minimum Gasteiger partial charge on any atom is -0.497 e. The second-order valence-corrected chi connectivity index (χ2v) is 9.53. The lowest BCUT2D eigenvalue weighted by molar-refractivity contribution is -0.144. The van der Waals surface area contributed by atoms with Crippen LogP contribution in [0.15, 0.2) is 91.0 Å². The molecule has 7 nitrogen and oxygen atoms in total. The van der Waals surface area contributed by atoms with Crippen LogP contribution in [0.2, 0.25) is 0 Å². The van der Waals surface area contributed by atoms with Gasteiger partial charge in [-0.3, -0.25) is 4.79 Å². The Morgan fingerprint density at radius 2 is 1.43 bits per heavy atom. The van der Waals surface area contributed by atoms with Crippen LogP contribution in [0.4, 0.5) is 0 Å². The Balaban J connectivity index is 1.38. The predicted molar refractivity (Wildman–Crippen MR) is 150 cm³/mol. The van der Waals surface area contributed by atoms with E-state index in [2.05, 4.69) is 24.3 Å². The fourth-order valence-electron chi connectivity index (χ4n) is 5.30. The van der Waals surface area contributed by atoms with Gasteiger partial charge < -0.3 is 24.1 Å². The lowest BCUT2D eigenvalue weighted by Crippen LogP contribution is -2.16. The van der Waals surface area contributed by atoms with Crippen LogP contribution in [0.5, 0.6) is 17.2 Å². The average Bonchev–Trinajstić information content (AvgIpc) is 3.31. The number of esters is 1. The number of aliphatic carboxylic acids is 1. The van der Waals surface area contributed by atoms with Gasteiger partial charge in [-0.1, -0.05) is 66.7 Å². The summed E-state index contributed by atoms with van der Waals surface area (Å²) in [5.74, 6) is -0.162. The molecular formula is C33H30O7. The summed E-state index contributed by atoms with van der Waals surface area (Å²) < 4.78 is 22.2. The summed E-state index contributed by atoms with van der Waals surface area (Å²) in [5.41, 5.74) is 6.29. The number of rotatable bonds is 11. The molecular weight excluding hydrogens is 508 g/mol. The lowest BCUT2D eigenvalue weighted by Gasteiger charge is -2.21. The number of ether oxygens (including phenoxy) is 4. The summed E-state index contributed by atoms with van der Waals surface area (Å²) >= 11 is 0. The van der Waals surface area contributed by atoms with Crippen molar-refractivity contribution in [2.75, 3.05) is 27.4 Å². The van der Waals surface area contributed by atoms with Gasteiger partial charge >= 0.3 is 11.9 Å². The molecule has 0 fully saturated rings. The molecule has 0 heterocycles. The van der Waals surface area contributed by atoms with E-state index in [0.717, 1.165) is 22.3 Å². The van der Waals surface area contributed by atoms with E-state index in [0.29, 0.717) is 17.2 Å². The van der Waals surface area contributed by atoms with Gasteiger partial charge in [0.05, 0.1) is 20.6 Å². The van der Waals surface area contributed by atoms with E-state index in [1.165, 1.54) is 11.1 Å². The molecule has 1 atom stereocenters. The third-order valence-electron chi connectivity index (χ3n) is 7.21. The summed E-state index contributed by atoms with van der Waals surface area (Å²) in [7, 11) is 3.16. The number of hydrogen-bond acceptors (Lipinski definition) is 6. The summed E-state index contributed by atoms with van der Waals surface area (Å²) in [6.45, 7) is -0.198. The maximum Gasteiger partial charge on any atom is 0.341 e. The van der Waals surface area contributed by atoms with Gasteiger partial charge in [0.1, 0.15) is 23.9 Å². The smallest absolute Gasteiger partial charge is 0.341 e. The topological polar surface area (TPSA) is 91.3 Å². The summed E-state index contributed by atoms with van der Waals surface area (Å²) in [5, 5.41) is 8.90. The first-order valence-corrected chi connectivity index (χ1v) is 13.0. The molecule has 1 N–H and O–H groups in total. The van der Waals surface area contributed by atoms with Crippen LogP contribution < -0.4 is 14.2 Å². The van der Waals surface area contributed by atoms with Crippen molar-refractivity contribution in [1.82, 2.24) is 0 Å². The van der Waals surface area contributed by atoms with E-state index in [1.807, 2.05) is 48.5 Å². The van der Waals surface area contributed by atoms with Gasteiger partial charge in [-0.2, -0.15) is 0 Å². The number of fused-ring (bicyclic) bond motifs is 3. The van der Waals surface area contributed by atoms with Crippen molar-refractivity contribution in [1.29, 1.82) is 0 Å². The number of methoxy groups -OCH3 is 2. The SMILES string of the molecule is COc1ccc(C(CC(=O)OCC2c3ccccc3-c3ccccc32)c2ccc(OCC(=O)O)cc2)c(OC)c1. The van der Waals surface area contributed by atoms with Crippen molar-refractivity contribution in [3.63, 3.8) is 0 Å². The second kappa shape index (κ2) is 11.9. The van der Waals surface area contributed by atoms with Crippen LogP contribution in [0.3, 0.4) is 0 Å². The highest BCUT2D eigenvalue weighted by molar-refractivity contribution is 5.79. The van der Waals surface area contributed by atoms with Crippen molar-refractivity contribution < 1.29 is 33.6 Å². The van der Waals surface area contributed by atoms with E-state index in [-0.39, 0.29) is 30.8 Å². The van der Waals surface area contributed by atoms with Gasteiger partial charge in [-0.15, -0.1) is 0 Å². The highest BCUT2D eigenvalue weighted by Gasteiger charge is 2.30. The van der Waals surface area contributed by atoms with Gasteiger partial charge in [0, 0.05) is 23.5 Å². The molecule has 0 radical (unpaired) electrons. The number of carbonyl (C=O) groups excluding carboxylic acids is 1. The first-order valence-electron chi connectivity index (χ1n) is 13.0. The van der Waals surface area contributed by atoms with Crippen molar-refractivity contribution in [2.24, 2.45) is 0 Å². The van der Waals surface area contributed by atoms with Crippen LogP contribution >= 0.6 is 0 Å². The standard InChI is InChI=1S/C33H30O7/c1-37-23-15-16-28(31(17-23)38-2)29(21-11-13-22(14-12-21)39-20-32(34)35)18-33(36)40-19-30-26-9-5-3-7-24(26)25-8-4-6-10-27(25)30/h3-17,29-30H,18-20H2,1-2H3,(H,34,35). The average molecular weight is 539 g/mol. The molecule has 0 aromatic heterocycles. The number of benzene rings is 4. The molecule has 7 heteroatoms. The third-order valence-corrected chi connectivity index (χ3v) is 7.21. The number of carboxylic acid groups (broad SMARTS) is 1. The minimum atomic E-state index is -1.06. The normalized spacial score (nSPS) is 12.7. The Kier molecular flexibility index (Phi) is 8.01. The molecule has 1 aliphatic rings. The fraction of sp³-hybridized carbons (Fsp3) is 0.212. The van der Waals surface area contributed by atoms with Crippen molar-refractivity contribution >= 4 is 11.9 Å². The Hall–Kier alpha value is -4.78. The lowest BCUT2D eigenvalue weighted by atomic mass is 9.87. The summed E-state index contributed by atoms with van der Waals surface area (Å²) in [6, 6.07) is 29.0. The van der Waals surface area contributed by atoms with E-state index in [4.69, 9.17) is 24.1 Å². The zero-order valence-corrected chi connectivity index (χ0v) is 22.3. The predicted octanol–water partition coefficient (Wildman–Crippen LogP) is 6.04. The Morgan fingerprint density at radius 3 is 2.02 bits per heavy atom. The Morgan fingerprint density at radius 1 is 0.800 bits per heavy atom. The molecule has 0 spiro atoms. The molecule has 204 valence electrons. The van der Waals surface area contributed by atoms with E-state index >= 15 is 0 Å². The van der Waals surface area contributed by atoms with Crippen molar-refractivity contribution in [2.45, 2.75) is 18.3 Å². The van der Waals surface area contributed by atoms with Crippen LogP contribution in [0.1, 0.15) is 40.5 Å². The van der Waals surface area contributed by atoms with Gasteiger partial charge in [0.2, 0.25) is 0 Å². The molecule has 0 aliphatic heterocycles. The van der Waals surface area contributed by atoms with Crippen LogP contribution in [0.25, 0.3) is 11.1 Å². The van der Waals surface area contributed by atoms with Gasteiger partial charge in [-0.05, 0) is 46.0 Å².